The number of halogens is 1. The summed E-state index contributed by atoms with van der Waals surface area (Å²) >= 11 is 0. The Morgan fingerprint density at radius 3 is 2.45 bits per heavy atom. The van der Waals surface area contributed by atoms with Gasteiger partial charge in [-0.05, 0) is 20.3 Å². The first-order valence-electron chi connectivity index (χ1n) is 6.95. The van der Waals surface area contributed by atoms with E-state index in [2.05, 4.69) is 20.9 Å². The fourth-order valence-corrected chi connectivity index (χ4v) is 1.35. The van der Waals surface area contributed by atoms with Crippen molar-refractivity contribution < 1.29 is 9.53 Å². The molecule has 3 N–H and O–H groups in total. The fraction of sp³-hybridized carbons (Fsp3) is 0.846. The Bertz CT molecular complexity index is 275. The second-order valence-electron chi connectivity index (χ2n) is 4.25. The summed E-state index contributed by atoms with van der Waals surface area (Å²) in [5, 5.41) is 9.13. The SMILES string of the molecule is CCOCCNC(=NC)NCCC(=O)NC(C)CC.I. The van der Waals surface area contributed by atoms with E-state index in [0.717, 1.165) is 6.42 Å². The summed E-state index contributed by atoms with van der Waals surface area (Å²) in [5.41, 5.74) is 0. The molecule has 0 heterocycles. The molecule has 120 valence electrons. The normalized spacial score (nSPS) is 12.3. The van der Waals surface area contributed by atoms with Gasteiger partial charge in [0.15, 0.2) is 5.96 Å². The number of ether oxygens (including phenoxy) is 1. The zero-order valence-electron chi connectivity index (χ0n) is 13.0. The van der Waals surface area contributed by atoms with Gasteiger partial charge in [0, 0.05) is 39.2 Å². The summed E-state index contributed by atoms with van der Waals surface area (Å²) in [6.07, 6.45) is 1.39. The number of nitrogens with one attached hydrogen (secondary N) is 3. The van der Waals surface area contributed by atoms with Gasteiger partial charge in [-0.1, -0.05) is 6.92 Å². The van der Waals surface area contributed by atoms with Crippen LogP contribution in [0.1, 0.15) is 33.6 Å². The molecule has 0 rings (SSSR count). The van der Waals surface area contributed by atoms with Crippen LogP contribution in [0, 0.1) is 0 Å². The van der Waals surface area contributed by atoms with Crippen LogP contribution in [0.15, 0.2) is 4.99 Å². The van der Waals surface area contributed by atoms with Crippen LogP contribution in [-0.2, 0) is 9.53 Å². The summed E-state index contributed by atoms with van der Waals surface area (Å²) in [7, 11) is 1.70. The number of carbonyl (C=O) groups is 1. The lowest BCUT2D eigenvalue weighted by Gasteiger charge is -2.13. The quantitative estimate of drug-likeness (QED) is 0.235. The predicted molar refractivity (Wildman–Crippen MR) is 93.8 cm³/mol. The maximum Gasteiger partial charge on any atom is 0.221 e. The van der Waals surface area contributed by atoms with Gasteiger partial charge in [0.25, 0.3) is 0 Å². The van der Waals surface area contributed by atoms with E-state index in [4.69, 9.17) is 4.74 Å². The summed E-state index contributed by atoms with van der Waals surface area (Å²) in [6.45, 7) is 8.63. The average molecular weight is 400 g/mol. The van der Waals surface area contributed by atoms with Crippen LogP contribution < -0.4 is 16.0 Å². The molecule has 0 aliphatic rings. The lowest BCUT2D eigenvalue weighted by atomic mass is 10.2. The Kier molecular flexibility index (Phi) is 16.1. The molecule has 20 heavy (non-hydrogen) atoms. The van der Waals surface area contributed by atoms with Crippen LogP contribution in [0.4, 0.5) is 0 Å². The number of rotatable bonds is 9. The van der Waals surface area contributed by atoms with Crippen molar-refractivity contribution in [3.8, 4) is 0 Å². The summed E-state index contributed by atoms with van der Waals surface area (Å²) < 4.78 is 5.22. The Balaban J connectivity index is 0. The van der Waals surface area contributed by atoms with Crippen molar-refractivity contribution in [1.29, 1.82) is 0 Å². The molecule has 0 bridgehead atoms. The van der Waals surface area contributed by atoms with E-state index in [9.17, 15) is 4.79 Å². The molecule has 7 heteroatoms. The molecule has 0 aliphatic heterocycles. The Morgan fingerprint density at radius 1 is 1.25 bits per heavy atom. The molecule has 0 saturated heterocycles. The highest BCUT2D eigenvalue weighted by Gasteiger charge is 2.05. The molecule has 0 aromatic carbocycles. The van der Waals surface area contributed by atoms with Gasteiger partial charge in [-0.25, -0.2) is 0 Å². The zero-order valence-corrected chi connectivity index (χ0v) is 15.3. The molecule has 1 atom stereocenters. The highest BCUT2D eigenvalue weighted by atomic mass is 127. The lowest BCUT2D eigenvalue weighted by Crippen LogP contribution is -2.41. The molecule has 0 aliphatic carbocycles. The maximum atomic E-state index is 11.6. The zero-order chi connectivity index (χ0) is 14.5. The standard InChI is InChI=1S/C13H28N4O2.HI/c1-5-11(3)17-12(18)7-8-15-13(14-4)16-9-10-19-6-2;/h11H,5-10H2,1-4H3,(H,17,18)(H2,14,15,16);1H. The smallest absolute Gasteiger partial charge is 0.221 e. The van der Waals surface area contributed by atoms with E-state index in [1.54, 1.807) is 7.05 Å². The third kappa shape index (κ3) is 12.5. The molecule has 1 unspecified atom stereocenters. The van der Waals surface area contributed by atoms with E-state index in [0.29, 0.717) is 38.7 Å². The lowest BCUT2D eigenvalue weighted by molar-refractivity contribution is -0.121. The number of carbonyl (C=O) groups excluding carboxylic acids is 1. The predicted octanol–water partition coefficient (Wildman–Crippen LogP) is 1.11. The van der Waals surface area contributed by atoms with Gasteiger partial charge in [-0.2, -0.15) is 0 Å². The molecule has 0 aromatic heterocycles. The second-order valence-corrected chi connectivity index (χ2v) is 4.25. The van der Waals surface area contributed by atoms with Crippen LogP contribution in [-0.4, -0.2) is 51.3 Å². The molecule has 6 nitrogen and oxygen atoms in total. The van der Waals surface area contributed by atoms with Gasteiger partial charge in [0.05, 0.1) is 6.61 Å². The molecule has 1 amide bonds. The molecule has 0 saturated carbocycles. The summed E-state index contributed by atoms with van der Waals surface area (Å²) in [5.74, 6) is 0.752. The van der Waals surface area contributed by atoms with Crippen molar-refractivity contribution in [2.75, 3.05) is 33.4 Å². The topological polar surface area (TPSA) is 74.8 Å². The fourth-order valence-electron chi connectivity index (χ4n) is 1.35. The number of aliphatic imine (C=N–C) groups is 1. The number of nitrogens with zero attached hydrogens (tertiary/aromatic N) is 1. The van der Waals surface area contributed by atoms with Gasteiger partial charge in [-0.15, -0.1) is 24.0 Å². The minimum atomic E-state index is 0. The third-order valence-corrected chi connectivity index (χ3v) is 2.63. The van der Waals surface area contributed by atoms with Crippen LogP contribution >= 0.6 is 24.0 Å². The average Bonchev–Trinajstić information content (AvgIpc) is 2.41. The van der Waals surface area contributed by atoms with Crippen molar-refractivity contribution in [2.45, 2.75) is 39.7 Å². The summed E-state index contributed by atoms with van der Waals surface area (Å²) in [4.78, 5) is 15.6. The van der Waals surface area contributed by atoms with Crippen LogP contribution in [0.3, 0.4) is 0 Å². The molecule has 0 spiro atoms. The summed E-state index contributed by atoms with van der Waals surface area (Å²) in [6, 6.07) is 0.233. The van der Waals surface area contributed by atoms with Gasteiger partial charge in [0.2, 0.25) is 5.91 Å². The monoisotopic (exact) mass is 400 g/mol. The Hall–Kier alpha value is -0.570. The van der Waals surface area contributed by atoms with Crippen LogP contribution in [0.5, 0.6) is 0 Å². The second kappa shape index (κ2) is 14.8. The first-order chi connectivity index (χ1) is 9.13. The van der Waals surface area contributed by atoms with Gasteiger partial charge in [0.1, 0.15) is 0 Å². The first kappa shape index (κ1) is 21.7. The Morgan fingerprint density at radius 2 is 1.90 bits per heavy atom. The van der Waals surface area contributed by atoms with Gasteiger partial charge < -0.3 is 20.7 Å². The molecular formula is C13H29IN4O2. The van der Waals surface area contributed by atoms with E-state index >= 15 is 0 Å². The maximum absolute atomic E-state index is 11.6. The van der Waals surface area contributed by atoms with Crippen molar-refractivity contribution in [3.05, 3.63) is 0 Å². The molecule has 0 fully saturated rings. The van der Waals surface area contributed by atoms with E-state index < -0.39 is 0 Å². The highest BCUT2D eigenvalue weighted by molar-refractivity contribution is 14.0. The van der Waals surface area contributed by atoms with E-state index in [1.165, 1.54) is 0 Å². The van der Waals surface area contributed by atoms with Crippen LogP contribution in [0.25, 0.3) is 0 Å². The largest absolute Gasteiger partial charge is 0.380 e. The Labute approximate surface area is 139 Å². The molecular weight excluding hydrogens is 371 g/mol. The molecule has 0 radical (unpaired) electrons. The van der Waals surface area contributed by atoms with Crippen molar-refractivity contribution >= 4 is 35.8 Å². The van der Waals surface area contributed by atoms with Crippen molar-refractivity contribution in [2.24, 2.45) is 4.99 Å². The highest BCUT2D eigenvalue weighted by Crippen LogP contribution is 1.89. The minimum Gasteiger partial charge on any atom is -0.380 e. The van der Waals surface area contributed by atoms with E-state index in [1.807, 2.05) is 20.8 Å². The van der Waals surface area contributed by atoms with E-state index in [-0.39, 0.29) is 35.9 Å². The number of guanidine groups is 1. The van der Waals surface area contributed by atoms with Gasteiger partial charge >= 0.3 is 0 Å². The number of hydrogen-bond donors (Lipinski definition) is 3. The van der Waals surface area contributed by atoms with Crippen molar-refractivity contribution in [1.82, 2.24) is 16.0 Å². The van der Waals surface area contributed by atoms with Crippen molar-refractivity contribution in [3.63, 3.8) is 0 Å². The minimum absolute atomic E-state index is 0. The number of hydrogen-bond acceptors (Lipinski definition) is 3. The number of amides is 1. The first-order valence-corrected chi connectivity index (χ1v) is 6.95. The van der Waals surface area contributed by atoms with Crippen LogP contribution in [0.2, 0.25) is 0 Å². The molecule has 0 aromatic rings. The van der Waals surface area contributed by atoms with Gasteiger partial charge in [-0.3, -0.25) is 9.79 Å². The third-order valence-electron chi connectivity index (χ3n) is 2.63.